The Bertz CT molecular complexity index is 589. The highest BCUT2D eigenvalue weighted by molar-refractivity contribution is 5.57. The molecule has 25 heavy (non-hydrogen) atoms. The second-order valence-corrected chi connectivity index (χ2v) is 8.55. The minimum absolute atomic E-state index is 0.133. The van der Waals surface area contributed by atoms with Gasteiger partial charge in [0.2, 0.25) is 0 Å². The van der Waals surface area contributed by atoms with Gasteiger partial charge in [-0.05, 0) is 32.0 Å². The molecule has 4 saturated heterocycles. The second-order valence-electron chi connectivity index (χ2n) is 8.55. The summed E-state index contributed by atoms with van der Waals surface area (Å²) in [6.45, 7) is 13.4. The first-order chi connectivity index (χ1) is 12.0. The average Bonchev–Trinajstić information content (AvgIpc) is 2.57. The molecule has 5 nitrogen and oxygen atoms in total. The Balaban J connectivity index is 1.64. The number of hydrogen-bond acceptors (Lipinski definition) is 5. The van der Waals surface area contributed by atoms with Gasteiger partial charge in [0.15, 0.2) is 0 Å². The minimum Gasteiger partial charge on any atom is -0.299 e. The van der Waals surface area contributed by atoms with Gasteiger partial charge in [0.1, 0.15) is 0 Å². The molecule has 1 aromatic carbocycles. The first-order valence-electron chi connectivity index (χ1n) is 9.53. The van der Waals surface area contributed by atoms with Gasteiger partial charge >= 0.3 is 0 Å². The van der Waals surface area contributed by atoms with Gasteiger partial charge in [-0.3, -0.25) is 25.0 Å². The predicted molar refractivity (Wildman–Crippen MR) is 103 cm³/mol. The monoisotopic (exact) mass is 341 g/mol. The van der Waals surface area contributed by atoms with E-state index in [1.807, 2.05) is 0 Å². The Kier molecular flexibility index (Phi) is 4.44. The number of nitrogens with one attached hydrogen (secondary N) is 1. The fraction of sp³-hybridized carbons (Fsp3) is 0.650. The summed E-state index contributed by atoms with van der Waals surface area (Å²) in [5, 5.41) is 4.09. The van der Waals surface area contributed by atoms with E-state index in [4.69, 9.17) is 4.99 Å². The van der Waals surface area contributed by atoms with Gasteiger partial charge in [-0.1, -0.05) is 37.3 Å². The first kappa shape index (κ1) is 17.2. The molecule has 4 aliphatic heterocycles. The lowest BCUT2D eigenvalue weighted by atomic mass is 9.83. The van der Waals surface area contributed by atoms with Crippen LogP contribution in [-0.4, -0.2) is 71.6 Å². The summed E-state index contributed by atoms with van der Waals surface area (Å²) in [6, 6.07) is 11.1. The first-order valence-corrected chi connectivity index (χ1v) is 9.53. The van der Waals surface area contributed by atoms with Crippen molar-refractivity contribution < 1.29 is 0 Å². The fourth-order valence-electron chi connectivity index (χ4n) is 4.87. The Morgan fingerprint density at radius 3 is 2.16 bits per heavy atom. The zero-order chi connectivity index (χ0) is 17.5. The largest absolute Gasteiger partial charge is 0.299 e. The van der Waals surface area contributed by atoms with Crippen LogP contribution >= 0.6 is 0 Å². The Labute approximate surface area is 151 Å². The van der Waals surface area contributed by atoms with E-state index in [9.17, 15) is 0 Å². The maximum absolute atomic E-state index is 4.92. The number of nitrogens with zero attached hydrogens (tertiary/aromatic N) is 4. The van der Waals surface area contributed by atoms with Crippen molar-refractivity contribution in [1.29, 1.82) is 0 Å². The number of aliphatic imine (C=N–C) groups is 1. The maximum Gasteiger partial charge on any atom is 0.0742 e. The molecule has 0 aliphatic carbocycles. The van der Waals surface area contributed by atoms with E-state index < -0.39 is 0 Å². The summed E-state index contributed by atoms with van der Waals surface area (Å²) < 4.78 is 0. The normalized spacial score (nSPS) is 35.4. The molecule has 1 aromatic rings. The third-order valence-corrected chi connectivity index (χ3v) is 5.68. The van der Waals surface area contributed by atoms with Gasteiger partial charge in [0.05, 0.1) is 37.1 Å². The molecule has 136 valence electrons. The van der Waals surface area contributed by atoms with Crippen LogP contribution in [0.2, 0.25) is 0 Å². The Morgan fingerprint density at radius 2 is 1.64 bits per heavy atom. The minimum atomic E-state index is -0.180. The van der Waals surface area contributed by atoms with E-state index in [2.05, 4.69) is 77.3 Å². The van der Waals surface area contributed by atoms with Crippen molar-refractivity contribution in [2.75, 3.05) is 39.6 Å². The molecule has 0 saturated carbocycles. The van der Waals surface area contributed by atoms with E-state index in [0.29, 0.717) is 0 Å². The fourth-order valence-corrected chi connectivity index (χ4v) is 4.87. The van der Waals surface area contributed by atoms with Gasteiger partial charge in [-0.15, -0.1) is 0 Å². The maximum atomic E-state index is 4.92. The molecule has 4 bridgehead atoms. The molecule has 0 spiro atoms. The number of hydrogen-bond donors (Lipinski definition) is 1. The Hall–Kier alpha value is -1.27. The van der Waals surface area contributed by atoms with Crippen LogP contribution in [0.15, 0.2) is 35.3 Å². The lowest BCUT2D eigenvalue weighted by molar-refractivity contribution is -0.153. The highest BCUT2D eigenvalue weighted by atomic mass is 15.6. The van der Waals surface area contributed by atoms with Crippen molar-refractivity contribution in [3.8, 4) is 0 Å². The number of benzene rings is 1. The van der Waals surface area contributed by atoms with Crippen LogP contribution in [0.4, 0.5) is 0 Å². The average molecular weight is 342 g/mol. The predicted octanol–water partition coefficient (Wildman–Crippen LogP) is 2.13. The molecule has 4 heterocycles. The van der Waals surface area contributed by atoms with Crippen LogP contribution in [-0.2, 0) is 0 Å². The third kappa shape index (κ3) is 3.38. The van der Waals surface area contributed by atoms with E-state index in [-0.39, 0.29) is 17.1 Å². The molecule has 1 unspecified atom stereocenters. The van der Waals surface area contributed by atoms with E-state index in [0.717, 1.165) is 46.1 Å². The van der Waals surface area contributed by atoms with Crippen molar-refractivity contribution in [2.24, 2.45) is 4.99 Å². The van der Waals surface area contributed by atoms with Crippen molar-refractivity contribution in [3.05, 3.63) is 35.9 Å². The van der Waals surface area contributed by atoms with Gasteiger partial charge < -0.3 is 0 Å². The standard InChI is InChI=1S/C20H31N5/c1-4-10-21-19(2,3)18(17-8-6-5-7-9-17)22-20-11-23-14-24(12-20)16-25(13-20)15-23/h5-10,18,22H,4,11-16H2,1-3H3. The summed E-state index contributed by atoms with van der Waals surface area (Å²) in [5.41, 5.74) is 1.28. The van der Waals surface area contributed by atoms with E-state index in [1.165, 1.54) is 5.56 Å². The molecule has 1 N–H and O–H groups in total. The highest BCUT2D eigenvalue weighted by Gasteiger charge is 2.50. The lowest BCUT2D eigenvalue weighted by Crippen LogP contribution is -2.80. The molecule has 4 fully saturated rings. The van der Waals surface area contributed by atoms with Gasteiger partial charge in [-0.25, -0.2) is 0 Å². The van der Waals surface area contributed by atoms with Crippen molar-refractivity contribution >= 4 is 6.21 Å². The van der Waals surface area contributed by atoms with E-state index >= 15 is 0 Å². The van der Waals surface area contributed by atoms with Crippen LogP contribution in [0.3, 0.4) is 0 Å². The van der Waals surface area contributed by atoms with Crippen LogP contribution in [0.25, 0.3) is 0 Å². The van der Waals surface area contributed by atoms with Crippen molar-refractivity contribution in [2.45, 2.75) is 44.3 Å². The van der Waals surface area contributed by atoms with Gasteiger partial charge in [0, 0.05) is 19.6 Å². The van der Waals surface area contributed by atoms with Crippen molar-refractivity contribution in [3.63, 3.8) is 0 Å². The van der Waals surface area contributed by atoms with Crippen molar-refractivity contribution in [1.82, 2.24) is 20.0 Å². The highest BCUT2D eigenvalue weighted by Crippen LogP contribution is 2.35. The smallest absolute Gasteiger partial charge is 0.0742 e. The number of rotatable bonds is 6. The van der Waals surface area contributed by atoms with Gasteiger partial charge in [0.25, 0.3) is 0 Å². The Morgan fingerprint density at radius 1 is 1.08 bits per heavy atom. The summed E-state index contributed by atoms with van der Waals surface area (Å²) in [5.74, 6) is 0. The van der Waals surface area contributed by atoms with Crippen LogP contribution in [0.1, 0.15) is 38.8 Å². The van der Waals surface area contributed by atoms with Crippen LogP contribution in [0, 0.1) is 0 Å². The van der Waals surface area contributed by atoms with Gasteiger partial charge in [-0.2, -0.15) is 0 Å². The zero-order valence-electron chi connectivity index (χ0n) is 15.8. The lowest BCUT2D eigenvalue weighted by Gasteiger charge is -2.62. The van der Waals surface area contributed by atoms with Crippen LogP contribution < -0.4 is 5.32 Å². The molecular formula is C20H31N5. The van der Waals surface area contributed by atoms with E-state index in [1.54, 1.807) is 0 Å². The molecule has 1 atom stereocenters. The molecular weight excluding hydrogens is 310 g/mol. The topological polar surface area (TPSA) is 34.1 Å². The molecule has 5 heteroatoms. The quantitative estimate of drug-likeness (QED) is 0.804. The summed E-state index contributed by atoms with van der Waals surface area (Å²) in [4.78, 5) is 12.6. The zero-order valence-corrected chi connectivity index (χ0v) is 15.8. The SMILES string of the molecule is CCC=NC(C)(C)C(NC12CN3CN(CN(C3)C1)C2)c1ccccc1. The summed E-state index contributed by atoms with van der Waals surface area (Å²) >= 11 is 0. The second kappa shape index (κ2) is 6.47. The molecule has 4 aliphatic rings. The summed E-state index contributed by atoms with van der Waals surface area (Å²) in [6.07, 6.45) is 3.04. The molecule has 0 radical (unpaired) electrons. The summed E-state index contributed by atoms with van der Waals surface area (Å²) in [7, 11) is 0. The third-order valence-electron chi connectivity index (χ3n) is 5.68. The van der Waals surface area contributed by atoms with Crippen LogP contribution in [0.5, 0.6) is 0 Å². The molecule has 0 aromatic heterocycles. The molecule has 0 amide bonds. The molecule has 5 rings (SSSR count).